The Balaban J connectivity index is 1.52. The van der Waals surface area contributed by atoms with Gasteiger partial charge in [-0.05, 0) is 23.6 Å². The molecule has 0 spiro atoms. The van der Waals surface area contributed by atoms with Gasteiger partial charge in [-0.2, -0.15) is 0 Å². The number of ether oxygens (including phenoxy) is 8. The summed E-state index contributed by atoms with van der Waals surface area (Å²) < 4.78 is 48.7. The van der Waals surface area contributed by atoms with Crippen LogP contribution >= 0.6 is 0 Å². The summed E-state index contributed by atoms with van der Waals surface area (Å²) in [6.07, 6.45) is -8.87. The number of carbonyl (C=O) groups excluding carboxylic acids is 3. The fourth-order valence-corrected chi connectivity index (χ4v) is 5.99. The van der Waals surface area contributed by atoms with Gasteiger partial charge in [0.05, 0.1) is 19.3 Å². The van der Waals surface area contributed by atoms with E-state index >= 15 is 0 Å². The number of imide groups is 1. The molecule has 47 heavy (non-hydrogen) atoms. The normalized spacial score (nSPS) is 31.7. The molecule has 0 N–H and O–H groups in total. The Morgan fingerprint density at radius 1 is 0.915 bits per heavy atom. The van der Waals surface area contributed by atoms with E-state index < -0.39 is 79.3 Å². The van der Waals surface area contributed by atoms with Crippen LogP contribution in [0.1, 0.15) is 31.9 Å². The van der Waals surface area contributed by atoms with Gasteiger partial charge in [-0.1, -0.05) is 65.8 Å². The van der Waals surface area contributed by atoms with Gasteiger partial charge >= 0.3 is 12.1 Å². The summed E-state index contributed by atoms with van der Waals surface area (Å²) in [4.78, 5) is 41.3. The van der Waals surface area contributed by atoms with Crippen LogP contribution in [0.4, 0.5) is 4.79 Å². The molecule has 10 atom stereocenters. The molecule has 15 heteroatoms. The molecule has 3 aliphatic rings. The zero-order valence-corrected chi connectivity index (χ0v) is 26.4. The maximum atomic E-state index is 12.9. The van der Waals surface area contributed by atoms with Crippen LogP contribution in [0.25, 0.3) is 10.4 Å². The van der Waals surface area contributed by atoms with Crippen molar-refractivity contribution in [1.29, 1.82) is 0 Å². The predicted molar refractivity (Wildman–Crippen MR) is 161 cm³/mol. The van der Waals surface area contributed by atoms with Crippen molar-refractivity contribution < 1.29 is 52.3 Å². The molecule has 2 aromatic carbocycles. The van der Waals surface area contributed by atoms with Gasteiger partial charge in [0, 0.05) is 25.9 Å². The number of methoxy groups -OCH3 is 1. The number of rotatable bonds is 12. The molecule has 3 saturated heterocycles. The van der Waals surface area contributed by atoms with E-state index in [-0.39, 0.29) is 19.8 Å². The van der Waals surface area contributed by atoms with E-state index in [4.69, 9.17) is 37.9 Å². The van der Waals surface area contributed by atoms with Crippen LogP contribution in [0, 0.1) is 0 Å². The Labute approximate surface area is 271 Å². The van der Waals surface area contributed by atoms with E-state index in [1.807, 2.05) is 60.7 Å². The number of azide groups is 1. The van der Waals surface area contributed by atoms with Crippen molar-refractivity contribution in [2.75, 3.05) is 13.7 Å². The summed E-state index contributed by atoms with van der Waals surface area (Å²) in [5.41, 5.74) is 11.0. The van der Waals surface area contributed by atoms with Crippen molar-refractivity contribution >= 4 is 18.0 Å². The summed E-state index contributed by atoms with van der Waals surface area (Å²) in [5.74, 6) is -1.17. The first-order valence-electron chi connectivity index (χ1n) is 15.2. The largest absolute Gasteiger partial charge is 0.463 e. The zero-order chi connectivity index (χ0) is 33.5. The molecular weight excluding hydrogens is 616 g/mol. The Kier molecular flexibility index (Phi) is 11.4. The molecule has 0 radical (unpaired) electrons. The van der Waals surface area contributed by atoms with Crippen LogP contribution in [-0.4, -0.2) is 97.9 Å². The first-order valence-corrected chi connectivity index (χ1v) is 15.2. The van der Waals surface area contributed by atoms with E-state index in [1.165, 1.54) is 21.0 Å². The second-order valence-corrected chi connectivity index (χ2v) is 11.3. The van der Waals surface area contributed by atoms with Crippen molar-refractivity contribution in [1.82, 2.24) is 4.90 Å². The molecule has 15 nitrogen and oxygen atoms in total. The highest BCUT2D eigenvalue weighted by Crippen LogP contribution is 2.38. The van der Waals surface area contributed by atoms with Gasteiger partial charge in [-0.25, -0.2) is 9.69 Å². The van der Waals surface area contributed by atoms with Gasteiger partial charge < -0.3 is 37.9 Å². The van der Waals surface area contributed by atoms with Crippen LogP contribution in [0.5, 0.6) is 0 Å². The first kappa shape index (κ1) is 34.3. The third-order valence-corrected chi connectivity index (χ3v) is 8.17. The zero-order valence-electron chi connectivity index (χ0n) is 26.4. The fourth-order valence-electron chi connectivity index (χ4n) is 5.99. The van der Waals surface area contributed by atoms with Crippen LogP contribution in [0.15, 0.2) is 65.8 Å². The Bertz CT molecular complexity index is 1430. The SMILES string of the molecule is CO[C@H]1O[C@H](COC(C)=O)[C@H](OC2O[C@H](C)[C@H](N=[N+]=[N-])[C@@H]3OC(=O)N(C(C)=O)[C@@H]23)[C@H](OCc2ccccc2)[C@H]1OCc1ccccc1. The predicted octanol–water partition coefficient (Wildman–Crippen LogP) is 3.64. The smallest absolute Gasteiger partial charge is 0.417 e. The minimum Gasteiger partial charge on any atom is -0.463 e. The molecule has 2 aromatic rings. The average molecular weight is 655 g/mol. The van der Waals surface area contributed by atoms with Crippen LogP contribution in [-0.2, 0) is 60.7 Å². The second kappa shape index (κ2) is 15.7. The highest BCUT2D eigenvalue weighted by Gasteiger charge is 2.59. The molecule has 5 rings (SSSR count). The maximum Gasteiger partial charge on any atom is 0.417 e. The monoisotopic (exact) mass is 654 g/mol. The number of hydrogen-bond acceptors (Lipinski definition) is 12. The fraction of sp³-hybridized carbons (Fsp3) is 0.531. The van der Waals surface area contributed by atoms with E-state index in [0.717, 1.165) is 16.0 Å². The Hall–Kier alpha value is -4.08. The lowest BCUT2D eigenvalue weighted by atomic mass is 9.94. The van der Waals surface area contributed by atoms with E-state index in [9.17, 15) is 19.9 Å². The Morgan fingerprint density at radius 2 is 1.53 bits per heavy atom. The van der Waals surface area contributed by atoms with Crippen LogP contribution in [0.3, 0.4) is 0 Å². The lowest BCUT2D eigenvalue weighted by Gasteiger charge is -2.48. The van der Waals surface area contributed by atoms with Gasteiger partial charge in [0.15, 0.2) is 12.6 Å². The third-order valence-electron chi connectivity index (χ3n) is 8.17. The number of benzene rings is 2. The van der Waals surface area contributed by atoms with Gasteiger partial charge in [-0.15, -0.1) is 0 Å². The second-order valence-electron chi connectivity index (χ2n) is 11.3. The molecule has 0 bridgehead atoms. The lowest BCUT2D eigenvalue weighted by Crippen LogP contribution is -2.66. The van der Waals surface area contributed by atoms with Crippen molar-refractivity contribution in [2.24, 2.45) is 5.11 Å². The molecule has 3 aliphatic heterocycles. The number of fused-ring (bicyclic) bond motifs is 1. The van der Waals surface area contributed by atoms with Crippen molar-refractivity contribution in [3.63, 3.8) is 0 Å². The quantitative estimate of drug-likeness (QED) is 0.141. The number of hydrogen-bond donors (Lipinski definition) is 0. The molecular formula is C32H38N4O11. The number of esters is 1. The van der Waals surface area contributed by atoms with Gasteiger partial charge in [0.2, 0.25) is 5.91 Å². The van der Waals surface area contributed by atoms with Gasteiger partial charge in [-0.3, -0.25) is 9.59 Å². The summed E-state index contributed by atoms with van der Waals surface area (Å²) in [5, 5.41) is 3.79. The summed E-state index contributed by atoms with van der Waals surface area (Å²) in [6, 6.07) is 16.9. The van der Waals surface area contributed by atoms with Crippen LogP contribution in [0.2, 0.25) is 0 Å². The number of nitrogens with zero attached hydrogens (tertiary/aromatic N) is 4. The van der Waals surface area contributed by atoms with E-state index in [0.29, 0.717) is 0 Å². The molecule has 0 saturated carbocycles. The molecule has 3 fully saturated rings. The van der Waals surface area contributed by atoms with Crippen LogP contribution < -0.4 is 0 Å². The van der Waals surface area contributed by atoms with E-state index in [2.05, 4.69) is 10.0 Å². The topological polar surface area (TPSA) is 177 Å². The molecule has 0 aliphatic carbocycles. The minimum atomic E-state index is -1.29. The van der Waals surface area contributed by atoms with Gasteiger partial charge in [0.1, 0.15) is 49.2 Å². The third kappa shape index (κ3) is 7.91. The molecule has 252 valence electrons. The first-order chi connectivity index (χ1) is 22.7. The molecule has 2 amide bonds. The van der Waals surface area contributed by atoms with Gasteiger partial charge in [0.25, 0.3) is 0 Å². The number of carbonyl (C=O) groups is 3. The standard InChI is InChI=1S/C32H38N4O11/c1-18-24(34-35-33)27-25(36(19(2)37)32(39)47-27)30(44-18)46-26-23(17-41-20(3)38)45-31(40-4)29(43-16-22-13-9-6-10-14-22)28(26)42-15-21-11-7-5-8-12-21/h5-14,18,23-31H,15-17H2,1-4H3/t18-,23-,24+,25-,26+,27+,28+,29-,30?,31+/m1/s1. The highest BCUT2D eigenvalue weighted by atomic mass is 16.7. The average Bonchev–Trinajstić information content (AvgIpc) is 3.42. The van der Waals surface area contributed by atoms with Crippen molar-refractivity contribution in [3.05, 3.63) is 82.2 Å². The highest BCUT2D eigenvalue weighted by molar-refractivity contribution is 5.92. The number of amides is 2. The molecule has 3 heterocycles. The Morgan fingerprint density at radius 3 is 2.09 bits per heavy atom. The maximum absolute atomic E-state index is 12.9. The van der Waals surface area contributed by atoms with Crippen molar-refractivity contribution in [2.45, 2.75) is 95.3 Å². The summed E-state index contributed by atoms with van der Waals surface area (Å²) in [6.45, 7) is 4.18. The summed E-state index contributed by atoms with van der Waals surface area (Å²) in [7, 11) is 1.46. The lowest BCUT2D eigenvalue weighted by molar-refractivity contribution is -0.349. The van der Waals surface area contributed by atoms with Crippen molar-refractivity contribution in [3.8, 4) is 0 Å². The van der Waals surface area contributed by atoms with E-state index in [1.54, 1.807) is 6.92 Å². The molecule has 1 unspecified atom stereocenters. The summed E-state index contributed by atoms with van der Waals surface area (Å²) >= 11 is 0. The minimum absolute atomic E-state index is 0.140. The molecule has 0 aromatic heterocycles.